The first kappa shape index (κ1) is 17.7. The van der Waals surface area contributed by atoms with E-state index in [0.717, 1.165) is 58.5 Å². The lowest BCUT2D eigenvalue weighted by atomic mass is 10.0. The van der Waals surface area contributed by atoms with Gasteiger partial charge >= 0.3 is 0 Å². The normalized spacial score (nSPS) is 29.6. The summed E-state index contributed by atoms with van der Waals surface area (Å²) < 4.78 is 5.74. The highest BCUT2D eigenvalue weighted by Gasteiger charge is 2.21. The number of unbranched alkanes of at least 4 members (excludes halogenated alkanes) is 1. The molecule has 3 atom stereocenters. The highest BCUT2D eigenvalue weighted by molar-refractivity contribution is 5.75. The van der Waals surface area contributed by atoms with E-state index in [0.29, 0.717) is 24.5 Å². The van der Waals surface area contributed by atoms with Gasteiger partial charge in [-0.15, -0.1) is 0 Å². The topological polar surface area (TPSA) is 53.6 Å². The molecule has 2 rings (SSSR count). The van der Waals surface area contributed by atoms with Gasteiger partial charge in [0.25, 0.3) is 0 Å². The van der Waals surface area contributed by atoms with Crippen molar-refractivity contribution in [2.75, 3.05) is 39.3 Å². The summed E-state index contributed by atoms with van der Waals surface area (Å²) in [7, 11) is 0. The van der Waals surface area contributed by atoms with Gasteiger partial charge in [0.1, 0.15) is 0 Å². The molecule has 5 nitrogen and oxygen atoms in total. The number of rotatable bonds is 8. The number of hydrogen-bond acceptors (Lipinski definition) is 4. The Hall–Kier alpha value is -0.650. The maximum atomic E-state index is 11.8. The number of nitrogens with zero attached hydrogens (tertiary/aromatic N) is 1. The van der Waals surface area contributed by atoms with E-state index in [1.54, 1.807) is 0 Å². The molecule has 0 aromatic carbocycles. The molecule has 2 heterocycles. The molecule has 0 spiro atoms. The van der Waals surface area contributed by atoms with Crippen LogP contribution in [0.5, 0.6) is 0 Å². The molecule has 128 valence electrons. The summed E-state index contributed by atoms with van der Waals surface area (Å²) in [6, 6.07) is 0. The van der Waals surface area contributed by atoms with Crippen molar-refractivity contribution in [3.8, 4) is 0 Å². The third-order valence-electron chi connectivity index (χ3n) is 4.66. The van der Waals surface area contributed by atoms with Crippen LogP contribution in [0.3, 0.4) is 0 Å². The van der Waals surface area contributed by atoms with Crippen LogP contribution in [0.1, 0.15) is 46.0 Å². The molecule has 2 aliphatic heterocycles. The number of carbonyl (C=O) groups excluding carboxylic acids is 1. The van der Waals surface area contributed by atoms with Crippen molar-refractivity contribution in [1.82, 2.24) is 15.5 Å². The number of carbonyl (C=O) groups is 1. The molecule has 0 aliphatic carbocycles. The predicted molar refractivity (Wildman–Crippen MR) is 88.9 cm³/mol. The Morgan fingerprint density at radius 1 is 1.27 bits per heavy atom. The number of nitrogens with one attached hydrogen (secondary N) is 2. The molecule has 5 heteroatoms. The molecule has 0 aromatic heterocycles. The van der Waals surface area contributed by atoms with Crippen LogP contribution in [0, 0.1) is 5.92 Å². The molecule has 0 saturated carbocycles. The fraction of sp³-hybridized carbons (Fsp3) is 0.941. The van der Waals surface area contributed by atoms with E-state index in [2.05, 4.69) is 29.4 Å². The Bertz CT molecular complexity index is 322. The molecule has 22 heavy (non-hydrogen) atoms. The molecule has 1 amide bonds. The van der Waals surface area contributed by atoms with Crippen LogP contribution in [0.15, 0.2) is 0 Å². The monoisotopic (exact) mass is 311 g/mol. The van der Waals surface area contributed by atoms with Crippen molar-refractivity contribution < 1.29 is 9.53 Å². The highest BCUT2D eigenvalue weighted by Crippen LogP contribution is 2.14. The van der Waals surface area contributed by atoms with Gasteiger partial charge in [-0.1, -0.05) is 0 Å². The summed E-state index contributed by atoms with van der Waals surface area (Å²) in [6.07, 6.45) is 5.84. The first-order chi connectivity index (χ1) is 10.6. The maximum absolute atomic E-state index is 11.8. The van der Waals surface area contributed by atoms with E-state index in [-0.39, 0.29) is 5.91 Å². The van der Waals surface area contributed by atoms with Crippen molar-refractivity contribution >= 4 is 5.91 Å². The molecule has 2 aliphatic rings. The van der Waals surface area contributed by atoms with Gasteiger partial charge in [0.2, 0.25) is 5.91 Å². The van der Waals surface area contributed by atoms with Gasteiger partial charge in [0.15, 0.2) is 0 Å². The zero-order valence-corrected chi connectivity index (χ0v) is 14.3. The average Bonchev–Trinajstić information content (AvgIpc) is 2.97. The summed E-state index contributed by atoms with van der Waals surface area (Å²) in [6.45, 7) is 10.5. The van der Waals surface area contributed by atoms with Crippen LogP contribution in [0.2, 0.25) is 0 Å². The molecular formula is C17H33N3O2. The number of ether oxygens (including phenoxy) is 1. The Labute approximate surface area is 135 Å². The summed E-state index contributed by atoms with van der Waals surface area (Å²) in [4.78, 5) is 14.3. The Morgan fingerprint density at radius 2 is 2.05 bits per heavy atom. The lowest BCUT2D eigenvalue weighted by molar-refractivity contribution is -0.121. The smallest absolute Gasteiger partial charge is 0.220 e. The van der Waals surface area contributed by atoms with Crippen molar-refractivity contribution in [3.63, 3.8) is 0 Å². The lowest BCUT2D eigenvalue weighted by Crippen LogP contribution is -2.45. The maximum Gasteiger partial charge on any atom is 0.220 e. The minimum absolute atomic E-state index is 0.223. The standard InChI is InChI=1S/C17H33N3O2/c1-14-12-20(13-15(2)22-14)10-4-3-8-19-17(21)6-5-16-7-9-18-11-16/h14-16,18H,3-13H2,1-2H3,(H,19,21). The second-order valence-electron chi connectivity index (χ2n) is 6.97. The largest absolute Gasteiger partial charge is 0.373 e. The molecule has 2 fully saturated rings. The Morgan fingerprint density at radius 3 is 2.73 bits per heavy atom. The second kappa shape index (κ2) is 9.48. The van der Waals surface area contributed by atoms with E-state index >= 15 is 0 Å². The van der Waals surface area contributed by atoms with Crippen LogP contribution in [0.4, 0.5) is 0 Å². The quantitative estimate of drug-likeness (QED) is 0.665. The van der Waals surface area contributed by atoms with E-state index in [1.807, 2.05) is 0 Å². The zero-order chi connectivity index (χ0) is 15.8. The molecule has 3 unspecified atom stereocenters. The summed E-state index contributed by atoms with van der Waals surface area (Å²) in [5.74, 6) is 0.927. The first-order valence-corrected chi connectivity index (χ1v) is 8.98. The van der Waals surface area contributed by atoms with Crippen LogP contribution in [-0.2, 0) is 9.53 Å². The van der Waals surface area contributed by atoms with Gasteiger partial charge in [-0.25, -0.2) is 0 Å². The second-order valence-corrected chi connectivity index (χ2v) is 6.97. The van der Waals surface area contributed by atoms with Crippen LogP contribution in [-0.4, -0.2) is 62.3 Å². The van der Waals surface area contributed by atoms with Gasteiger partial charge in [-0.05, 0) is 65.1 Å². The number of hydrogen-bond donors (Lipinski definition) is 2. The number of morpholine rings is 1. The fourth-order valence-electron chi connectivity index (χ4n) is 3.54. The Kier molecular flexibility index (Phi) is 7.63. The summed E-state index contributed by atoms with van der Waals surface area (Å²) in [5.41, 5.74) is 0. The zero-order valence-electron chi connectivity index (χ0n) is 14.3. The van der Waals surface area contributed by atoms with Crippen molar-refractivity contribution in [2.24, 2.45) is 5.92 Å². The van der Waals surface area contributed by atoms with Gasteiger partial charge in [-0.2, -0.15) is 0 Å². The average molecular weight is 311 g/mol. The molecular weight excluding hydrogens is 278 g/mol. The van der Waals surface area contributed by atoms with E-state index in [9.17, 15) is 4.79 Å². The molecule has 0 aromatic rings. The van der Waals surface area contributed by atoms with Gasteiger partial charge in [0.05, 0.1) is 12.2 Å². The van der Waals surface area contributed by atoms with Crippen LogP contribution in [0.25, 0.3) is 0 Å². The Balaban J connectivity index is 1.45. The fourth-order valence-corrected chi connectivity index (χ4v) is 3.54. The minimum atomic E-state index is 0.223. The van der Waals surface area contributed by atoms with Crippen LogP contribution < -0.4 is 10.6 Å². The van der Waals surface area contributed by atoms with E-state index in [4.69, 9.17) is 4.74 Å². The molecule has 0 bridgehead atoms. The van der Waals surface area contributed by atoms with Gasteiger partial charge in [-0.3, -0.25) is 9.69 Å². The first-order valence-electron chi connectivity index (χ1n) is 8.98. The SMILES string of the molecule is CC1CN(CCCCNC(=O)CCC2CCNC2)CC(C)O1. The predicted octanol–water partition coefficient (Wildman–Crippen LogP) is 1.38. The molecule has 2 saturated heterocycles. The van der Waals surface area contributed by atoms with Crippen molar-refractivity contribution in [3.05, 3.63) is 0 Å². The minimum Gasteiger partial charge on any atom is -0.373 e. The van der Waals surface area contributed by atoms with E-state index < -0.39 is 0 Å². The van der Waals surface area contributed by atoms with E-state index in [1.165, 1.54) is 6.42 Å². The van der Waals surface area contributed by atoms with Crippen molar-refractivity contribution in [2.45, 2.75) is 58.2 Å². The third-order valence-corrected chi connectivity index (χ3v) is 4.66. The van der Waals surface area contributed by atoms with Gasteiger partial charge in [0, 0.05) is 26.1 Å². The third kappa shape index (κ3) is 6.63. The summed E-state index contributed by atoms with van der Waals surface area (Å²) >= 11 is 0. The van der Waals surface area contributed by atoms with Gasteiger partial charge < -0.3 is 15.4 Å². The highest BCUT2D eigenvalue weighted by atomic mass is 16.5. The molecule has 0 radical (unpaired) electrons. The summed E-state index contributed by atoms with van der Waals surface area (Å²) in [5, 5.41) is 6.41. The number of amides is 1. The molecule has 2 N–H and O–H groups in total. The van der Waals surface area contributed by atoms with Crippen LogP contribution >= 0.6 is 0 Å². The van der Waals surface area contributed by atoms with Crippen molar-refractivity contribution in [1.29, 1.82) is 0 Å². The lowest BCUT2D eigenvalue weighted by Gasteiger charge is -2.35.